The van der Waals surface area contributed by atoms with Gasteiger partial charge in [0.25, 0.3) is 0 Å². The van der Waals surface area contributed by atoms with E-state index in [4.69, 9.17) is 11.6 Å². The first kappa shape index (κ1) is 21.0. The third kappa shape index (κ3) is 2.55. The van der Waals surface area contributed by atoms with Crippen molar-refractivity contribution in [3.05, 3.63) is 74.0 Å². The van der Waals surface area contributed by atoms with Crippen LogP contribution in [0, 0.1) is 19.7 Å². The highest BCUT2D eigenvalue weighted by Crippen LogP contribution is 2.47. The van der Waals surface area contributed by atoms with Crippen LogP contribution in [0.25, 0.3) is 5.57 Å². The maximum atomic E-state index is 16.1. The summed E-state index contributed by atoms with van der Waals surface area (Å²) < 4.78 is 49.6. The van der Waals surface area contributed by atoms with Crippen molar-refractivity contribution in [2.45, 2.75) is 54.4 Å². The van der Waals surface area contributed by atoms with Crippen LogP contribution in [-0.2, 0) is 6.42 Å². The van der Waals surface area contributed by atoms with Gasteiger partial charge in [0.2, 0.25) is 0 Å². The van der Waals surface area contributed by atoms with Crippen molar-refractivity contribution in [3.8, 4) is 0 Å². The molecule has 3 heterocycles. The molecule has 0 spiro atoms. The van der Waals surface area contributed by atoms with Crippen LogP contribution in [0.4, 0.5) is 13.0 Å². The quantitative estimate of drug-likeness (QED) is 0.479. The smallest absolute Gasteiger partial charge is 0.393 e. The number of hydrogen-bond acceptors (Lipinski definition) is 0. The monoisotopic (exact) mass is 432 g/mol. The largest absolute Gasteiger partial charge is 0.737 e. The third-order valence-corrected chi connectivity index (χ3v) is 6.93. The fraction of sp³-hybridized carbons (Fsp3) is 0.348. The molecule has 0 radical (unpaired) electrons. The van der Waals surface area contributed by atoms with E-state index in [-0.39, 0.29) is 5.56 Å². The van der Waals surface area contributed by atoms with E-state index in [2.05, 4.69) is 0 Å². The zero-order chi connectivity index (χ0) is 22.1. The summed E-state index contributed by atoms with van der Waals surface area (Å²) in [6.07, 6.45) is 1.25. The predicted molar refractivity (Wildman–Crippen MR) is 118 cm³/mol. The van der Waals surface area contributed by atoms with Gasteiger partial charge in [-0.15, -0.1) is 0 Å². The van der Waals surface area contributed by atoms with Gasteiger partial charge < -0.3 is 17.6 Å². The second kappa shape index (κ2) is 6.91. The molecule has 0 amide bonds. The van der Waals surface area contributed by atoms with Crippen molar-refractivity contribution < 1.29 is 17.5 Å². The normalized spacial score (nSPS) is 17.8. The maximum absolute atomic E-state index is 16.1. The van der Waals surface area contributed by atoms with Crippen molar-refractivity contribution in [3.63, 3.8) is 0 Å². The number of benzene rings is 1. The van der Waals surface area contributed by atoms with E-state index in [0.717, 1.165) is 31.2 Å². The first-order valence-electron chi connectivity index (χ1n) is 10.3. The first-order chi connectivity index (χ1) is 14.1. The molecule has 0 saturated heterocycles. The molecule has 0 bridgehead atoms. The summed E-state index contributed by atoms with van der Waals surface area (Å²) >= 11 is 6.22. The Kier molecular flexibility index (Phi) is 4.85. The summed E-state index contributed by atoms with van der Waals surface area (Å²) in [5, 5.41) is 0.369. The molecule has 0 aliphatic carbocycles. The van der Waals surface area contributed by atoms with Gasteiger partial charge in [0.05, 0.1) is 5.57 Å². The van der Waals surface area contributed by atoms with Crippen LogP contribution >= 0.6 is 11.6 Å². The van der Waals surface area contributed by atoms with Crippen LogP contribution in [0.1, 0.15) is 62.2 Å². The van der Waals surface area contributed by atoms with Crippen LogP contribution in [0.5, 0.6) is 0 Å². The van der Waals surface area contributed by atoms with Crippen molar-refractivity contribution in [1.29, 1.82) is 0 Å². The molecule has 2 nitrogen and oxygen atoms in total. The Balaban J connectivity index is 2.27. The minimum Gasteiger partial charge on any atom is -0.393 e. The van der Waals surface area contributed by atoms with Gasteiger partial charge in [0.1, 0.15) is 11.5 Å². The highest BCUT2D eigenvalue weighted by Gasteiger charge is 2.56. The van der Waals surface area contributed by atoms with Gasteiger partial charge in [-0.1, -0.05) is 25.4 Å². The maximum Gasteiger partial charge on any atom is 0.737 e. The summed E-state index contributed by atoms with van der Waals surface area (Å²) in [4.78, 5) is 0. The van der Waals surface area contributed by atoms with E-state index in [0.29, 0.717) is 46.2 Å². The molecule has 30 heavy (non-hydrogen) atoms. The first-order valence-corrected chi connectivity index (χ1v) is 10.7. The van der Waals surface area contributed by atoms with E-state index in [1.165, 1.54) is 18.2 Å². The van der Waals surface area contributed by atoms with Crippen LogP contribution in [-0.4, -0.2) is 21.6 Å². The lowest BCUT2D eigenvalue weighted by Crippen LogP contribution is -2.51. The lowest BCUT2D eigenvalue weighted by atomic mass is 9.83. The lowest BCUT2D eigenvalue weighted by Gasteiger charge is -2.34. The fourth-order valence-electron chi connectivity index (χ4n) is 5.42. The van der Waals surface area contributed by atoms with Gasteiger partial charge in [-0.3, -0.25) is 0 Å². The van der Waals surface area contributed by atoms with Gasteiger partial charge >= 0.3 is 6.97 Å². The highest BCUT2D eigenvalue weighted by molar-refractivity contribution is 6.58. The van der Waals surface area contributed by atoms with E-state index in [1.807, 2.05) is 27.7 Å². The molecule has 1 aromatic carbocycles. The number of nitrogens with zero attached hydrogens (tertiary/aromatic N) is 2. The van der Waals surface area contributed by atoms with Crippen LogP contribution in [0.15, 0.2) is 35.0 Å². The van der Waals surface area contributed by atoms with E-state index >= 15 is 13.0 Å². The second-order valence-electron chi connectivity index (χ2n) is 8.11. The van der Waals surface area contributed by atoms with E-state index in [1.54, 1.807) is 13.8 Å². The van der Waals surface area contributed by atoms with E-state index in [9.17, 15) is 0 Å². The molecule has 0 atom stereocenters. The molecular formula is C23H25BClF3N2. The van der Waals surface area contributed by atoms with Gasteiger partial charge in [-0.25, -0.2) is 4.39 Å². The Hall–Kier alpha value is -2.21. The Bertz CT molecular complexity index is 1200. The number of allylic oxidation sites excluding steroid dienone is 2. The number of hydrogen-bond donors (Lipinski definition) is 0. The summed E-state index contributed by atoms with van der Waals surface area (Å²) in [7, 11) is 0. The second-order valence-corrected chi connectivity index (χ2v) is 8.55. The number of fused-ring (bicyclic) bond motifs is 2. The molecule has 0 unspecified atom stereocenters. The fourth-order valence-corrected chi connectivity index (χ4v) is 5.59. The van der Waals surface area contributed by atoms with Gasteiger partial charge in [0.15, 0.2) is 5.70 Å². The zero-order valence-corrected chi connectivity index (χ0v) is 18.9. The minimum atomic E-state index is -4.12. The van der Waals surface area contributed by atoms with Crippen molar-refractivity contribution in [2.75, 3.05) is 0 Å². The van der Waals surface area contributed by atoms with Crippen LogP contribution in [0.2, 0.25) is 5.02 Å². The average Bonchev–Trinajstić information content (AvgIpc) is 3.09. The molecule has 4 rings (SSSR count). The summed E-state index contributed by atoms with van der Waals surface area (Å²) in [5.74, 6) is -0.474. The standard InChI is InChI=1S/C23H25BClF3N2/c1-7-17-12(3)22-21(19-11-16(25)9-10-20(19)26)23-13(4)18(8-2)15(6)30(23)24(27,28)29(22)14(17)5/h9-11H,7-8H2,1-6H3. The van der Waals surface area contributed by atoms with Crippen molar-refractivity contribution >= 4 is 29.9 Å². The predicted octanol–water partition coefficient (Wildman–Crippen LogP) is 6.67. The molecule has 2 aliphatic heterocycles. The molecule has 158 valence electrons. The third-order valence-electron chi connectivity index (χ3n) is 6.69. The molecule has 2 aromatic rings. The minimum absolute atomic E-state index is 0.253. The molecular weight excluding hydrogens is 408 g/mol. The Labute approximate surface area is 180 Å². The molecule has 0 saturated carbocycles. The lowest BCUT2D eigenvalue weighted by molar-refractivity contribution is -0.363. The van der Waals surface area contributed by atoms with E-state index < -0.39 is 12.8 Å². The highest BCUT2D eigenvalue weighted by atomic mass is 35.5. The van der Waals surface area contributed by atoms with Crippen molar-refractivity contribution in [1.82, 2.24) is 4.48 Å². The average molecular weight is 433 g/mol. The SMILES string of the molecule is CCC1=C(C)C2=C(c3cc(Cl)ccc3F)c3c(C)c(CC)c(C)n3[B-](F)(F)[N+]2=C1C. The Morgan fingerprint density at radius 1 is 1.07 bits per heavy atom. The molecule has 0 N–H and O–H groups in total. The molecule has 0 fully saturated rings. The number of aromatic nitrogens is 1. The van der Waals surface area contributed by atoms with Gasteiger partial charge in [0, 0.05) is 34.3 Å². The summed E-state index contributed by atoms with van der Waals surface area (Å²) in [5.41, 5.74) is 5.89. The van der Waals surface area contributed by atoms with Crippen LogP contribution < -0.4 is 0 Å². The molecule has 2 aliphatic rings. The Morgan fingerprint density at radius 3 is 2.33 bits per heavy atom. The summed E-state index contributed by atoms with van der Waals surface area (Å²) in [6.45, 7) is 6.96. The Morgan fingerprint density at radius 2 is 1.73 bits per heavy atom. The molecule has 7 heteroatoms. The summed E-state index contributed by atoms with van der Waals surface area (Å²) in [6, 6.07) is 4.32. The van der Waals surface area contributed by atoms with Crippen LogP contribution in [0.3, 0.4) is 0 Å². The van der Waals surface area contributed by atoms with Crippen molar-refractivity contribution in [2.24, 2.45) is 0 Å². The number of rotatable bonds is 3. The number of halogens is 4. The topological polar surface area (TPSA) is 7.94 Å². The van der Waals surface area contributed by atoms with Gasteiger partial charge in [-0.2, -0.15) is 0 Å². The van der Waals surface area contributed by atoms with Gasteiger partial charge in [-0.05, 0) is 68.6 Å². The zero-order valence-electron chi connectivity index (χ0n) is 18.1. The molecule has 1 aromatic heterocycles.